The van der Waals surface area contributed by atoms with E-state index in [2.05, 4.69) is 5.32 Å². The smallest absolute Gasteiger partial charge is 0.337 e. The van der Waals surface area contributed by atoms with E-state index >= 15 is 0 Å². The van der Waals surface area contributed by atoms with Crippen LogP contribution < -0.4 is 5.32 Å². The van der Waals surface area contributed by atoms with Crippen molar-refractivity contribution in [2.75, 3.05) is 25.0 Å². The van der Waals surface area contributed by atoms with Gasteiger partial charge in [0.05, 0.1) is 17.9 Å². The molecule has 0 spiro atoms. The van der Waals surface area contributed by atoms with Crippen molar-refractivity contribution in [3.8, 4) is 0 Å². The fourth-order valence-electron chi connectivity index (χ4n) is 1.76. The standard InChI is InChI=1S/C14H20N2O4/c1-2-3-8-16(9-10-17)14(20)15-12-7-5-4-6-11(12)13(18)19/h4-7,17H,2-3,8-10H2,1H3,(H,15,20)(H,18,19). The quantitative estimate of drug-likeness (QED) is 0.712. The predicted molar refractivity (Wildman–Crippen MR) is 76.0 cm³/mol. The number of carbonyl (C=O) groups excluding carboxylic acids is 1. The molecule has 0 atom stereocenters. The summed E-state index contributed by atoms with van der Waals surface area (Å²) >= 11 is 0. The first-order valence-corrected chi connectivity index (χ1v) is 6.59. The third-order valence-corrected chi connectivity index (χ3v) is 2.84. The highest BCUT2D eigenvalue weighted by Crippen LogP contribution is 2.15. The summed E-state index contributed by atoms with van der Waals surface area (Å²) in [5, 5.41) is 20.6. The van der Waals surface area contributed by atoms with Gasteiger partial charge < -0.3 is 20.4 Å². The van der Waals surface area contributed by atoms with Crippen LogP contribution in [-0.4, -0.2) is 46.8 Å². The number of rotatable bonds is 7. The number of benzene rings is 1. The van der Waals surface area contributed by atoms with Crippen molar-refractivity contribution in [1.82, 2.24) is 4.90 Å². The molecule has 20 heavy (non-hydrogen) atoms. The van der Waals surface area contributed by atoms with E-state index in [0.717, 1.165) is 12.8 Å². The number of carboxylic acid groups (broad SMARTS) is 1. The molecule has 6 heteroatoms. The minimum atomic E-state index is -1.09. The Balaban J connectivity index is 2.79. The van der Waals surface area contributed by atoms with Crippen LogP contribution in [0.3, 0.4) is 0 Å². The van der Waals surface area contributed by atoms with Crippen molar-refractivity contribution in [1.29, 1.82) is 0 Å². The molecule has 1 aromatic carbocycles. The topological polar surface area (TPSA) is 89.9 Å². The van der Waals surface area contributed by atoms with E-state index in [9.17, 15) is 9.59 Å². The van der Waals surface area contributed by atoms with Crippen molar-refractivity contribution >= 4 is 17.7 Å². The summed E-state index contributed by atoms with van der Waals surface area (Å²) in [7, 11) is 0. The van der Waals surface area contributed by atoms with Crippen molar-refractivity contribution in [2.24, 2.45) is 0 Å². The maximum atomic E-state index is 12.1. The summed E-state index contributed by atoms with van der Waals surface area (Å²) in [6, 6.07) is 5.83. The van der Waals surface area contributed by atoms with Crippen LogP contribution in [0.4, 0.5) is 10.5 Å². The number of unbranched alkanes of at least 4 members (excludes halogenated alkanes) is 1. The molecular weight excluding hydrogens is 260 g/mol. The van der Waals surface area contributed by atoms with Crippen molar-refractivity contribution < 1.29 is 19.8 Å². The first-order chi connectivity index (χ1) is 9.60. The Morgan fingerprint density at radius 2 is 1.95 bits per heavy atom. The lowest BCUT2D eigenvalue weighted by Gasteiger charge is -2.22. The molecule has 1 aromatic rings. The Labute approximate surface area is 118 Å². The highest BCUT2D eigenvalue weighted by atomic mass is 16.4. The van der Waals surface area contributed by atoms with Gasteiger partial charge in [0.25, 0.3) is 0 Å². The number of aliphatic hydroxyl groups is 1. The SMILES string of the molecule is CCCCN(CCO)C(=O)Nc1ccccc1C(=O)O. The average molecular weight is 280 g/mol. The number of hydrogen-bond donors (Lipinski definition) is 3. The van der Waals surface area contributed by atoms with E-state index < -0.39 is 12.0 Å². The fraction of sp³-hybridized carbons (Fsp3) is 0.429. The Kier molecular flexibility index (Phi) is 6.52. The van der Waals surface area contributed by atoms with Gasteiger partial charge in [-0.15, -0.1) is 0 Å². The number of aromatic carboxylic acids is 1. The molecule has 0 unspecified atom stereocenters. The molecule has 0 fully saturated rings. The van der Waals surface area contributed by atoms with Gasteiger partial charge in [-0.3, -0.25) is 0 Å². The maximum absolute atomic E-state index is 12.1. The molecule has 0 radical (unpaired) electrons. The number of carboxylic acids is 1. The van der Waals surface area contributed by atoms with Crippen LogP contribution in [0.25, 0.3) is 0 Å². The van der Waals surface area contributed by atoms with Gasteiger partial charge in [-0.25, -0.2) is 9.59 Å². The van der Waals surface area contributed by atoms with Crippen LogP contribution in [0.1, 0.15) is 30.1 Å². The zero-order valence-electron chi connectivity index (χ0n) is 11.5. The molecule has 0 aliphatic heterocycles. The third-order valence-electron chi connectivity index (χ3n) is 2.84. The first kappa shape index (κ1) is 16.0. The second-order valence-corrected chi connectivity index (χ2v) is 4.35. The molecule has 0 aliphatic carbocycles. The molecule has 3 N–H and O–H groups in total. The minimum Gasteiger partial charge on any atom is -0.478 e. The largest absolute Gasteiger partial charge is 0.478 e. The molecule has 0 saturated heterocycles. The monoisotopic (exact) mass is 280 g/mol. The van der Waals surface area contributed by atoms with Gasteiger partial charge in [-0.1, -0.05) is 25.5 Å². The van der Waals surface area contributed by atoms with Gasteiger partial charge in [0.15, 0.2) is 0 Å². The molecule has 0 heterocycles. The number of amides is 2. The lowest BCUT2D eigenvalue weighted by molar-refractivity contribution is 0.0698. The Morgan fingerprint density at radius 3 is 2.55 bits per heavy atom. The second kappa shape index (κ2) is 8.16. The van der Waals surface area contributed by atoms with Gasteiger partial charge >= 0.3 is 12.0 Å². The van der Waals surface area contributed by atoms with E-state index in [4.69, 9.17) is 10.2 Å². The predicted octanol–water partition coefficient (Wildman–Crippen LogP) is 2.01. The van der Waals surface area contributed by atoms with Crippen LogP contribution in [0.2, 0.25) is 0 Å². The molecule has 0 bridgehead atoms. The highest BCUT2D eigenvalue weighted by molar-refractivity contribution is 5.99. The zero-order valence-corrected chi connectivity index (χ0v) is 11.5. The number of nitrogens with zero attached hydrogens (tertiary/aromatic N) is 1. The van der Waals surface area contributed by atoms with E-state index in [0.29, 0.717) is 6.54 Å². The fourth-order valence-corrected chi connectivity index (χ4v) is 1.76. The molecule has 6 nitrogen and oxygen atoms in total. The van der Waals surface area contributed by atoms with Gasteiger partial charge in [-0.2, -0.15) is 0 Å². The number of aliphatic hydroxyl groups excluding tert-OH is 1. The minimum absolute atomic E-state index is 0.0419. The summed E-state index contributed by atoms with van der Waals surface area (Å²) in [6.07, 6.45) is 1.76. The number of para-hydroxylation sites is 1. The zero-order chi connectivity index (χ0) is 15.0. The first-order valence-electron chi connectivity index (χ1n) is 6.59. The van der Waals surface area contributed by atoms with Crippen molar-refractivity contribution in [3.63, 3.8) is 0 Å². The Hall–Kier alpha value is -2.08. The number of anilines is 1. The van der Waals surface area contributed by atoms with Crippen molar-refractivity contribution in [3.05, 3.63) is 29.8 Å². The van der Waals surface area contributed by atoms with Crippen LogP contribution in [-0.2, 0) is 0 Å². The molecule has 110 valence electrons. The van der Waals surface area contributed by atoms with Crippen LogP contribution in [0, 0.1) is 0 Å². The van der Waals surface area contributed by atoms with E-state index in [1.807, 2.05) is 6.92 Å². The third kappa shape index (κ3) is 4.55. The van der Waals surface area contributed by atoms with E-state index in [-0.39, 0.29) is 24.4 Å². The Bertz CT molecular complexity index is 462. The highest BCUT2D eigenvalue weighted by Gasteiger charge is 2.16. The van der Waals surface area contributed by atoms with Crippen LogP contribution in [0.15, 0.2) is 24.3 Å². The molecule has 0 saturated carbocycles. The van der Waals surface area contributed by atoms with Gasteiger partial charge in [0.2, 0.25) is 0 Å². The Morgan fingerprint density at radius 1 is 1.25 bits per heavy atom. The maximum Gasteiger partial charge on any atom is 0.337 e. The summed E-state index contributed by atoms with van der Waals surface area (Å²) < 4.78 is 0. The summed E-state index contributed by atoms with van der Waals surface area (Å²) in [4.78, 5) is 24.6. The van der Waals surface area contributed by atoms with Crippen molar-refractivity contribution in [2.45, 2.75) is 19.8 Å². The number of carbonyl (C=O) groups is 2. The average Bonchev–Trinajstić information content (AvgIpc) is 2.43. The van der Waals surface area contributed by atoms with E-state index in [1.54, 1.807) is 12.1 Å². The summed E-state index contributed by atoms with van der Waals surface area (Å²) in [5.41, 5.74) is 0.296. The van der Waals surface area contributed by atoms with E-state index in [1.165, 1.54) is 17.0 Å². The number of nitrogens with one attached hydrogen (secondary N) is 1. The normalized spacial score (nSPS) is 10.1. The van der Waals surface area contributed by atoms with Crippen LogP contribution >= 0.6 is 0 Å². The van der Waals surface area contributed by atoms with Gasteiger partial charge in [0.1, 0.15) is 0 Å². The lowest BCUT2D eigenvalue weighted by Crippen LogP contribution is -2.38. The molecular formula is C14H20N2O4. The number of hydrogen-bond acceptors (Lipinski definition) is 3. The molecule has 1 rings (SSSR count). The molecule has 0 aliphatic rings. The molecule has 2 amide bonds. The second-order valence-electron chi connectivity index (χ2n) is 4.35. The number of urea groups is 1. The lowest BCUT2D eigenvalue weighted by atomic mass is 10.2. The summed E-state index contributed by atoms with van der Waals surface area (Å²) in [6.45, 7) is 2.63. The molecule has 0 aromatic heterocycles. The summed E-state index contributed by atoms with van der Waals surface area (Å²) in [5.74, 6) is -1.09. The van der Waals surface area contributed by atoms with Gasteiger partial charge in [0, 0.05) is 13.1 Å². The van der Waals surface area contributed by atoms with Gasteiger partial charge in [-0.05, 0) is 18.6 Å². The van der Waals surface area contributed by atoms with Crippen LogP contribution in [0.5, 0.6) is 0 Å².